The SMILES string of the molecule is CC(=O)Nc1ccc(NC(=O)C2CCCN(S(=O)(=O)c3ccc4c(c3)CCCN4C(C)=O)C2)cc1. The highest BCUT2D eigenvalue weighted by atomic mass is 32.2. The summed E-state index contributed by atoms with van der Waals surface area (Å²) in [6, 6.07) is 11.7. The topological polar surface area (TPSA) is 116 Å². The molecule has 0 aromatic heterocycles. The van der Waals surface area contributed by atoms with Gasteiger partial charge in [0.25, 0.3) is 0 Å². The van der Waals surface area contributed by atoms with E-state index in [0.717, 1.165) is 17.7 Å². The zero-order chi connectivity index (χ0) is 25.2. The number of piperidine rings is 1. The van der Waals surface area contributed by atoms with Crippen molar-refractivity contribution in [3.05, 3.63) is 48.0 Å². The Morgan fingerprint density at radius 3 is 2.26 bits per heavy atom. The number of carbonyl (C=O) groups excluding carboxylic acids is 3. The molecule has 186 valence electrons. The monoisotopic (exact) mass is 498 g/mol. The van der Waals surface area contributed by atoms with Gasteiger partial charge in [-0.2, -0.15) is 4.31 Å². The molecule has 3 amide bonds. The van der Waals surface area contributed by atoms with Crippen molar-refractivity contribution in [1.29, 1.82) is 0 Å². The zero-order valence-electron chi connectivity index (χ0n) is 19.9. The van der Waals surface area contributed by atoms with Gasteiger partial charge in [0.1, 0.15) is 0 Å². The van der Waals surface area contributed by atoms with Gasteiger partial charge in [-0.3, -0.25) is 14.4 Å². The van der Waals surface area contributed by atoms with Gasteiger partial charge in [-0.25, -0.2) is 8.42 Å². The van der Waals surface area contributed by atoms with Crippen LogP contribution in [0.15, 0.2) is 47.4 Å². The van der Waals surface area contributed by atoms with Crippen molar-refractivity contribution in [3.8, 4) is 0 Å². The van der Waals surface area contributed by atoms with Crippen molar-refractivity contribution in [2.45, 2.75) is 44.4 Å². The van der Waals surface area contributed by atoms with E-state index >= 15 is 0 Å². The number of anilines is 3. The largest absolute Gasteiger partial charge is 0.326 e. The second kappa shape index (κ2) is 10.2. The molecule has 0 radical (unpaired) electrons. The van der Waals surface area contributed by atoms with Crippen LogP contribution >= 0.6 is 0 Å². The smallest absolute Gasteiger partial charge is 0.243 e. The molecule has 1 saturated heterocycles. The van der Waals surface area contributed by atoms with Crippen molar-refractivity contribution in [2.24, 2.45) is 5.92 Å². The summed E-state index contributed by atoms with van der Waals surface area (Å²) in [5, 5.41) is 5.52. The molecule has 10 heteroatoms. The van der Waals surface area contributed by atoms with E-state index in [9.17, 15) is 22.8 Å². The fourth-order valence-electron chi connectivity index (χ4n) is 4.67. The Bertz CT molecular complexity index is 1240. The second-order valence-corrected chi connectivity index (χ2v) is 11.0. The third-order valence-electron chi connectivity index (χ3n) is 6.42. The summed E-state index contributed by atoms with van der Waals surface area (Å²) in [5.74, 6) is -0.948. The molecule has 2 aromatic carbocycles. The second-order valence-electron chi connectivity index (χ2n) is 9.01. The van der Waals surface area contributed by atoms with E-state index in [1.54, 1.807) is 47.4 Å². The third-order valence-corrected chi connectivity index (χ3v) is 8.28. The number of benzene rings is 2. The molecule has 35 heavy (non-hydrogen) atoms. The lowest BCUT2D eigenvalue weighted by molar-refractivity contribution is -0.121. The molecule has 0 bridgehead atoms. The van der Waals surface area contributed by atoms with Gasteiger partial charge in [-0.1, -0.05) is 0 Å². The van der Waals surface area contributed by atoms with Crippen molar-refractivity contribution in [2.75, 3.05) is 35.2 Å². The van der Waals surface area contributed by atoms with E-state index in [2.05, 4.69) is 10.6 Å². The maximum atomic E-state index is 13.4. The summed E-state index contributed by atoms with van der Waals surface area (Å²) in [5.41, 5.74) is 2.82. The van der Waals surface area contributed by atoms with Crippen LogP contribution in [-0.4, -0.2) is 50.1 Å². The molecular weight excluding hydrogens is 468 g/mol. The van der Waals surface area contributed by atoms with Crippen LogP contribution in [0.5, 0.6) is 0 Å². The van der Waals surface area contributed by atoms with Gasteiger partial charge in [0, 0.05) is 50.5 Å². The van der Waals surface area contributed by atoms with Crippen LogP contribution in [0.1, 0.15) is 38.7 Å². The van der Waals surface area contributed by atoms with Crippen molar-refractivity contribution in [3.63, 3.8) is 0 Å². The quantitative estimate of drug-likeness (QED) is 0.658. The van der Waals surface area contributed by atoms with Gasteiger partial charge in [0.05, 0.1) is 10.8 Å². The van der Waals surface area contributed by atoms with Crippen LogP contribution in [0.25, 0.3) is 0 Å². The number of fused-ring (bicyclic) bond motifs is 1. The van der Waals surface area contributed by atoms with Crippen LogP contribution in [0.4, 0.5) is 17.1 Å². The minimum atomic E-state index is -3.78. The molecule has 2 N–H and O–H groups in total. The number of sulfonamides is 1. The number of hydrogen-bond donors (Lipinski definition) is 2. The Hall–Kier alpha value is -3.24. The number of carbonyl (C=O) groups is 3. The first kappa shape index (κ1) is 24.9. The first-order chi connectivity index (χ1) is 16.6. The number of nitrogens with zero attached hydrogens (tertiary/aromatic N) is 2. The molecule has 1 fully saturated rings. The van der Waals surface area contributed by atoms with E-state index < -0.39 is 15.9 Å². The summed E-state index contributed by atoms with van der Waals surface area (Å²) in [7, 11) is -3.78. The molecule has 2 heterocycles. The highest BCUT2D eigenvalue weighted by Crippen LogP contribution is 2.32. The maximum Gasteiger partial charge on any atom is 0.243 e. The molecule has 2 aliphatic rings. The Labute approximate surface area is 205 Å². The summed E-state index contributed by atoms with van der Waals surface area (Å²) in [6.07, 6.45) is 2.68. The first-order valence-corrected chi connectivity index (χ1v) is 13.2. The molecule has 4 rings (SSSR count). The van der Waals surface area contributed by atoms with Crippen LogP contribution in [0, 0.1) is 5.92 Å². The van der Waals surface area contributed by atoms with Crippen LogP contribution in [-0.2, 0) is 30.8 Å². The standard InChI is InChI=1S/C25H30N4O5S/c1-17(30)26-21-7-9-22(10-8-21)27-25(32)20-6-3-13-28(16-20)35(33,34)23-11-12-24-19(15-23)5-4-14-29(24)18(2)31/h7-12,15,20H,3-6,13-14,16H2,1-2H3,(H,26,30)(H,27,32). The molecular formula is C25H30N4O5S. The minimum Gasteiger partial charge on any atom is -0.326 e. The minimum absolute atomic E-state index is 0.0591. The summed E-state index contributed by atoms with van der Waals surface area (Å²) >= 11 is 0. The average molecular weight is 499 g/mol. The lowest BCUT2D eigenvalue weighted by atomic mass is 9.98. The molecule has 1 unspecified atom stereocenters. The van der Waals surface area contributed by atoms with E-state index in [1.165, 1.54) is 18.2 Å². The fourth-order valence-corrected chi connectivity index (χ4v) is 6.24. The number of amides is 3. The lowest BCUT2D eigenvalue weighted by Gasteiger charge is -2.32. The van der Waals surface area contributed by atoms with Gasteiger partial charge in [0.2, 0.25) is 27.7 Å². The van der Waals surface area contributed by atoms with E-state index in [0.29, 0.717) is 43.7 Å². The maximum absolute atomic E-state index is 13.4. The Morgan fingerprint density at radius 1 is 0.914 bits per heavy atom. The predicted molar refractivity (Wildman–Crippen MR) is 134 cm³/mol. The molecule has 0 spiro atoms. The van der Waals surface area contributed by atoms with Gasteiger partial charge < -0.3 is 15.5 Å². The zero-order valence-corrected chi connectivity index (χ0v) is 20.7. The molecule has 0 aliphatic carbocycles. The highest BCUT2D eigenvalue weighted by molar-refractivity contribution is 7.89. The highest BCUT2D eigenvalue weighted by Gasteiger charge is 2.34. The molecule has 0 saturated carbocycles. The third kappa shape index (κ3) is 5.54. The number of nitrogens with one attached hydrogen (secondary N) is 2. The van der Waals surface area contributed by atoms with Crippen LogP contribution in [0.3, 0.4) is 0 Å². The van der Waals surface area contributed by atoms with Gasteiger partial charge in [-0.05, 0) is 73.7 Å². The number of hydrogen-bond acceptors (Lipinski definition) is 5. The van der Waals surface area contributed by atoms with E-state index in [1.807, 2.05) is 0 Å². The van der Waals surface area contributed by atoms with E-state index in [-0.39, 0.29) is 29.2 Å². The number of rotatable bonds is 5. The molecule has 9 nitrogen and oxygen atoms in total. The number of aryl methyl sites for hydroxylation is 1. The summed E-state index contributed by atoms with van der Waals surface area (Å²) in [6.45, 7) is 4.02. The Balaban J connectivity index is 1.46. The summed E-state index contributed by atoms with van der Waals surface area (Å²) < 4.78 is 28.2. The van der Waals surface area contributed by atoms with Crippen molar-refractivity contribution in [1.82, 2.24) is 4.31 Å². The van der Waals surface area contributed by atoms with Gasteiger partial charge >= 0.3 is 0 Å². The van der Waals surface area contributed by atoms with E-state index in [4.69, 9.17) is 0 Å². The van der Waals surface area contributed by atoms with Crippen LogP contribution < -0.4 is 15.5 Å². The molecule has 2 aromatic rings. The summed E-state index contributed by atoms with van der Waals surface area (Å²) in [4.78, 5) is 37.8. The first-order valence-electron chi connectivity index (χ1n) is 11.7. The lowest BCUT2D eigenvalue weighted by Crippen LogP contribution is -2.43. The Morgan fingerprint density at radius 2 is 1.60 bits per heavy atom. The fraction of sp³-hybridized carbons (Fsp3) is 0.400. The van der Waals surface area contributed by atoms with Crippen molar-refractivity contribution >= 4 is 44.8 Å². The van der Waals surface area contributed by atoms with Gasteiger partial charge in [-0.15, -0.1) is 0 Å². The molecule has 1 atom stereocenters. The van der Waals surface area contributed by atoms with Crippen molar-refractivity contribution < 1.29 is 22.8 Å². The average Bonchev–Trinajstić information content (AvgIpc) is 2.84. The molecule has 2 aliphatic heterocycles. The predicted octanol–water partition coefficient (Wildman–Crippen LogP) is 2.98. The Kier molecular flexibility index (Phi) is 7.23. The normalized spacial score (nSPS) is 18.5. The van der Waals surface area contributed by atoms with Crippen LogP contribution in [0.2, 0.25) is 0 Å². The van der Waals surface area contributed by atoms with Gasteiger partial charge in [0.15, 0.2) is 0 Å².